The lowest BCUT2D eigenvalue weighted by atomic mass is 9.81. The fraction of sp³-hybridized carbons (Fsp3) is 0.0769. The highest BCUT2D eigenvalue weighted by Crippen LogP contribution is 2.52. The van der Waals surface area contributed by atoms with E-state index >= 15 is 0 Å². The van der Waals surface area contributed by atoms with E-state index in [0.29, 0.717) is 0 Å². The molecule has 2 nitrogen and oxygen atoms in total. The molecule has 0 saturated carbocycles. The van der Waals surface area contributed by atoms with Crippen molar-refractivity contribution in [1.82, 2.24) is 4.98 Å². The van der Waals surface area contributed by atoms with Crippen LogP contribution < -0.4 is 4.90 Å². The Bertz CT molecular complexity index is 2140. The van der Waals surface area contributed by atoms with E-state index < -0.39 is 0 Å². The van der Waals surface area contributed by atoms with E-state index in [-0.39, 0.29) is 11.2 Å². The number of anilines is 3. The van der Waals surface area contributed by atoms with Crippen LogP contribution in [0.3, 0.4) is 0 Å². The Morgan fingerprint density at radius 3 is 2.05 bits per heavy atom. The van der Waals surface area contributed by atoms with Crippen LogP contribution >= 0.6 is 0 Å². The fourth-order valence-corrected chi connectivity index (χ4v) is 6.79. The SMILES string of the molecule is CC1(C)c2cc(-c3cccc4c3[nH]c3ccccc34)ccc2-c2ccc(N(c3ccccc3)c3cccc(F)c3)cc21. The van der Waals surface area contributed by atoms with Crippen molar-refractivity contribution in [2.24, 2.45) is 0 Å². The number of para-hydroxylation sites is 3. The lowest BCUT2D eigenvalue weighted by molar-refractivity contribution is 0.628. The summed E-state index contributed by atoms with van der Waals surface area (Å²) in [4.78, 5) is 5.80. The van der Waals surface area contributed by atoms with Gasteiger partial charge in [-0.1, -0.05) is 92.7 Å². The zero-order valence-corrected chi connectivity index (χ0v) is 23.5. The number of aromatic nitrogens is 1. The maximum atomic E-state index is 14.4. The van der Waals surface area contributed by atoms with Crippen LogP contribution in [0.25, 0.3) is 44.1 Å². The van der Waals surface area contributed by atoms with Crippen LogP contribution in [0.4, 0.5) is 21.5 Å². The smallest absolute Gasteiger partial charge is 0.125 e. The normalized spacial score (nSPS) is 13.3. The molecule has 0 aliphatic heterocycles. The van der Waals surface area contributed by atoms with E-state index in [1.807, 2.05) is 24.3 Å². The molecule has 0 atom stereocenters. The molecule has 1 aliphatic carbocycles. The predicted octanol–water partition coefficient (Wildman–Crippen LogP) is 10.9. The summed E-state index contributed by atoms with van der Waals surface area (Å²) in [7, 11) is 0. The standard InChI is InChI=1S/C39H29FN2/c1-39(2)35-22-25(30-15-9-16-34-33-14-6-7-17-37(33)41-38(30)34)18-20-31(35)32-21-19-29(24-36(32)39)42(27-11-4-3-5-12-27)28-13-8-10-26(40)23-28/h3-24,41H,1-2H3. The van der Waals surface area contributed by atoms with Crippen molar-refractivity contribution >= 4 is 38.9 Å². The van der Waals surface area contributed by atoms with Crippen molar-refractivity contribution in [3.05, 3.63) is 150 Å². The van der Waals surface area contributed by atoms with Gasteiger partial charge >= 0.3 is 0 Å². The van der Waals surface area contributed by atoms with E-state index in [0.717, 1.165) is 22.6 Å². The molecule has 0 radical (unpaired) electrons. The number of H-pyrrole nitrogens is 1. The largest absolute Gasteiger partial charge is 0.354 e. The molecule has 1 N–H and O–H groups in total. The topological polar surface area (TPSA) is 19.0 Å². The number of halogens is 1. The van der Waals surface area contributed by atoms with Crippen molar-refractivity contribution in [2.75, 3.05) is 4.90 Å². The Hall–Kier alpha value is -5.15. The molecule has 1 aromatic heterocycles. The van der Waals surface area contributed by atoms with Gasteiger partial charge in [0, 0.05) is 44.3 Å². The van der Waals surface area contributed by atoms with Crippen LogP contribution in [0.15, 0.2) is 133 Å². The maximum absolute atomic E-state index is 14.4. The van der Waals surface area contributed by atoms with Gasteiger partial charge in [0.1, 0.15) is 5.82 Å². The van der Waals surface area contributed by atoms with Crippen molar-refractivity contribution in [1.29, 1.82) is 0 Å². The number of nitrogens with one attached hydrogen (secondary N) is 1. The van der Waals surface area contributed by atoms with Gasteiger partial charge in [-0.05, 0) is 82.4 Å². The molecule has 1 heterocycles. The third-order valence-corrected chi connectivity index (χ3v) is 8.85. The van der Waals surface area contributed by atoms with Crippen molar-refractivity contribution in [3.8, 4) is 22.3 Å². The van der Waals surface area contributed by atoms with Gasteiger partial charge in [-0.25, -0.2) is 4.39 Å². The molecule has 202 valence electrons. The summed E-state index contributed by atoms with van der Waals surface area (Å²) in [5, 5.41) is 2.49. The second-order valence-electron chi connectivity index (χ2n) is 11.7. The molecule has 3 heteroatoms. The number of benzene rings is 6. The van der Waals surface area contributed by atoms with Crippen LogP contribution in [0, 0.1) is 5.82 Å². The summed E-state index contributed by atoms with van der Waals surface area (Å²) < 4.78 is 14.4. The quantitative estimate of drug-likeness (QED) is 0.233. The lowest BCUT2D eigenvalue weighted by Crippen LogP contribution is -2.16. The van der Waals surface area contributed by atoms with Crippen LogP contribution in [0.5, 0.6) is 0 Å². The first-order valence-electron chi connectivity index (χ1n) is 14.4. The number of fused-ring (bicyclic) bond motifs is 6. The molecule has 0 amide bonds. The number of aromatic amines is 1. The van der Waals surface area contributed by atoms with Gasteiger partial charge in [-0.15, -0.1) is 0 Å². The molecule has 1 aliphatic rings. The first-order valence-corrected chi connectivity index (χ1v) is 14.4. The van der Waals surface area contributed by atoms with E-state index in [1.54, 1.807) is 12.1 Å². The maximum Gasteiger partial charge on any atom is 0.125 e. The molecule has 0 unspecified atom stereocenters. The Morgan fingerprint density at radius 1 is 0.548 bits per heavy atom. The average Bonchev–Trinajstić information content (AvgIpc) is 3.50. The van der Waals surface area contributed by atoms with Crippen LogP contribution in [0.1, 0.15) is 25.0 Å². The zero-order valence-electron chi connectivity index (χ0n) is 23.5. The van der Waals surface area contributed by atoms with Gasteiger partial charge in [0.15, 0.2) is 0 Å². The first-order chi connectivity index (χ1) is 20.5. The Balaban J connectivity index is 1.26. The highest BCUT2D eigenvalue weighted by molar-refractivity contribution is 6.12. The minimum atomic E-state index is -0.250. The van der Waals surface area contributed by atoms with Gasteiger partial charge in [0.25, 0.3) is 0 Å². The predicted molar refractivity (Wildman–Crippen MR) is 173 cm³/mol. The van der Waals surface area contributed by atoms with Crippen molar-refractivity contribution in [2.45, 2.75) is 19.3 Å². The summed E-state index contributed by atoms with van der Waals surface area (Å²) in [6.45, 7) is 4.62. The van der Waals surface area contributed by atoms with E-state index in [2.05, 4.69) is 115 Å². The van der Waals surface area contributed by atoms with Crippen molar-refractivity contribution < 1.29 is 4.39 Å². The molecular weight excluding hydrogens is 515 g/mol. The summed E-state index contributed by atoms with van der Waals surface area (Å²) >= 11 is 0. The third kappa shape index (κ3) is 3.70. The van der Waals surface area contributed by atoms with E-state index in [1.165, 1.54) is 55.7 Å². The van der Waals surface area contributed by atoms with Crippen LogP contribution in [0.2, 0.25) is 0 Å². The van der Waals surface area contributed by atoms with Gasteiger partial charge in [0.05, 0.1) is 5.52 Å². The fourth-order valence-electron chi connectivity index (χ4n) is 6.79. The first kappa shape index (κ1) is 24.6. The molecule has 42 heavy (non-hydrogen) atoms. The van der Waals surface area contributed by atoms with Gasteiger partial charge < -0.3 is 9.88 Å². The Kier molecular flexibility index (Phi) is 5.39. The van der Waals surface area contributed by atoms with Crippen LogP contribution in [-0.2, 0) is 5.41 Å². The highest BCUT2D eigenvalue weighted by atomic mass is 19.1. The van der Waals surface area contributed by atoms with E-state index in [4.69, 9.17) is 0 Å². The summed E-state index contributed by atoms with van der Waals surface area (Å²) in [5.41, 5.74) is 12.4. The monoisotopic (exact) mass is 544 g/mol. The third-order valence-electron chi connectivity index (χ3n) is 8.85. The molecule has 7 aromatic rings. The van der Waals surface area contributed by atoms with Gasteiger partial charge in [-0.3, -0.25) is 0 Å². The van der Waals surface area contributed by atoms with Crippen molar-refractivity contribution in [3.63, 3.8) is 0 Å². The minimum absolute atomic E-state index is 0.213. The summed E-state index contributed by atoms with van der Waals surface area (Å²) in [6.07, 6.45) is 0. The Morgan fingerprint density at radius 2 is 1.21 bits per heavy atom. The average molecular weight is 545 g/mol. The lowest BCUT2D eigenvalue weighted by Gasteiger charge is -2.28. The zero-order chi connectivity index (χ0) is 28.4. The highest BCUT2D eigenvalue weighted by Gasteiger charge is 2.36. The number of rotatable bonds is 4. The number of hydrogen-bond donors (Lipinski definition) is 1. The summed E-state index contributed by atoms with van der Waals surface area (Å²) in [5.74, 6) is -0.250. The van der Waals surface area contributed by atoms with E-state index in [9.17, 15) is 4.39 Å². The molecule has 8 rings (SSSR count). The molecule has 6 aromatic carbocycles. The molecular formula is C39H29FN2. The second kappa shape index (κ2) is 9.19. The second-order valence-corrected chi connectivity index (χ2v) is 11.7. The minimum Gasteiger partial charge on any atom is -0.354 e. The Labute approximate surface area is 244 Å². The molecule has 0 fully saturated rings. The molecule has 0 bridgehead atoms. The van der Waals surface area contributed by atoms with Gasteiger partial charge in [0.2, 0.25) is 0 Å². The van der Waals surface area contributed by atoms with Gasteiger partial charge in [-0.2, -0.15) is 0 Å². The molecule has 0 spiro atoms. The molecule has 0 saturated heterocycles. The summed E-state index contributed by atoms with van der Waals surface area (Å²) in [6, 6.07) is 45.6. The number of hydrogen-bond acceptors (Lipinski definition) is 1. The number of nitrogens with zero attached hydrogens (tertiary/aromatic N) is 1. The van der Waals surface area contributed by atoms with Crippen LogP contribution in [-0.4, -0.2) is 4.98 Å².